The molecule has 1 aliphatic rings. The number of aryl methyl sites for hydroxylation is 1. The number of fused-ring (bicyclic) bond motifs is 1. The van der Waals surface area contributed by atoms with E-state index in [1.165, 1.54) is 0 Å². The van der Waals surface area contributed by atoms with Crippen molar-refractivity contribution in [2.24, 2.45) is 0 Å². The topological polar surface area (TPSA) is 75.9 Å². The quantitative estimate of drug-likeness (QED) is 0.431. The highest BCUT2D eigenvalue weighted by Crippen LogP contribution is 2.24. The van der Waals surface area contributed by atoms with Gasteiger partial charge in [-0.1, -0.05) is 18.2 Å². The predicted molar refractivity (Wildman–Crippen MR) is 135 cm³/mol. The zero-order chi connectivity index (χ0) is 24.4. The van der Waals surface area contributed by atoms with E-state index in [1.54, 1.807) is 18.2 Å². The number of hydrogen-bond donors (Lipinski definition) is 1. The minimum absolute atomic E-state index is 0.0219. The van der Waals surface area contributed by atoms with Crippen LogP contribution in [0.2, 0.25) is 0 Å². The summed E-state index contributed by atoms with van der Waals surface area (Å²) in [6.07, 6.45) is 6.04. The lowest BCUT2D eigenvalue weighted by Gasteiger charge is -2.18. The van der Waals surface area contributed by atoms with E-state index < -0.39 is 0 Å². The number of hydrogen-bond acceptors (Lipinski definition) is 4. The Bertz CT molecular complexity index is 1400. The summed E-state index contributed by atoms with van der Waals surface area (Å²) in [5.41, 5.74) is 5.33. The second-order valence-electron chi connectivity index (χ2n) is 8.95. The Morgan fingerprint density at radius 3 is 2.63 bits per heavy atom. The van der Waals surface area contributed by atoms with Crippen LogP contribution in [0.1, 0.15) is 50.4 Å². The number of ether oxygens (including phenoxy) is 1. The van der Waals surface area contributed by atoms with Crippen LogP contribution in [-0.2, 0) is 6.61 Å². The monoisotopic (exact) mass is 468 g/mol. The van der Waals surface area contributed by atoms with E-state index in [1.807, 2.05) is 71.9 Å². The number of rotatable bonds is 6. The summed E-state index contributed by atoms with van der Waals surface area (Å²) < 4.78 is 7.89. The minimum Gasteiger partial charge on any atom is -0.487 e. The number of carbonyl (C=O) groups excluding carboxylic acids is 2. The third kappa shape index (κ3) is 4.89. The SMILES string of the molecule is Cc1ccc2nc(COc3cccc(C(=O)Nc4cccc(C(=O)N5CCCC5)c4C)c3)cn2c1. The Balaban J connectivity index is 1.27. The van der Waals surface area contributed by atoms with Crippen LogP contribution in [-0.4, -0.2) is 39.2 Å². The van der Waals surface area contributed by atoms with Crippen LogP contribution in [0.4, 0.5) is 5.69 Å². The molecule has 5 rings (SSSR count). The van der Waals surface area contributed by atoms with E-state index in [0.717, 1.165) is 48.4 Å². The van der Waals surface area contributed by atoms with Gasteiger partial charge in [-0.2, -0.15) is 0 Å². The first-order valence-electron chi connectivity index (χ1n) is 11.9. The van der Waals surface area contributed by atoms with Gasteiger partial charge in [-0.05, 0) is 74.2 Å². The van der Waals surface area contributed by atoms with Crippen LogP contribution in [0.25, 0.3) is 5.65 Å². The molecule has 7 nitrogen and oxygen atoms in total. The number of benzene rings is 2. The van der Waals surface area contributed by atoms with Gasteiger partial charge in [0, 0.05) is 42.3 Å². The molecule has 0 bridgehead atoms. The highest BCUT2D eigenvalue weighted by atomic mass is 16.5. The summed E-state index contributed by atoms with van der Waals surface area (Å²) in [4.78, 5) is 32.3. The fourth-order valence-electron chi connectivity index (χ4n) is 4.40. The fraction of sp³-hybridized carbons (Fsp3) is 0.250. The van der Waals surface area contributed by atoms with E-state index in [2.05, 4.69) is 10.3 Å². The van der Waals surface area contributed by atoms with Crippen molar-refractivity contribution in [3.8, 4) is 5.75 Å². The van der Waals surface area contributed by atoms with Crippen LogP contribution in [0.3, 0.4) is 0 Å². The van der Waals surface area contributed by atoms with Crippen molar-refractivity contribution in [2.45, 2.75) is 33.3 Å². The molecule has 3 heterocycles. The smallest absolute Gasteiger partial charge is 0.255 e. The highest BCUT2D eigenvalue weighted by molar-refractivity contribution is 6.06. The molecule has 0 saturated carbocycles. The van der Waals surface area contributed by atoms with Crippen molar-refractivity contribution in [1.29, 1.82) is 0 Å². The predicted octanol–water partition coefficient (Wildman–Crippen LogP) is 5.02. The lowest BCUT2D eigenvalue weighted by molar-refractivity contribution is 0.0791. The van der Waals surface area contributed by atoms with Crippen molar-refractivity contribution in [3.63, 3.8) is 0 Å². The van der Waals surface area contributed by atoms with Gasteiger partial charge in [0.15, 0.2) is 0 Å². The van der Waals surface area contributed by atoms with Gasteiger partial charge in [0.1, 0.15) is 18.0 Å². The van der Waals surface area contributed by atoms with Crippen molar-refractivity contribution < 1.29 is 14.3 Å². The minimum atomic E-state index is -0.257. The van der Waals surface area contributed by atoms with Gasteiger partial charge in [-0.25, -0.2) is 4.98 Å². The standard InChI is InChI=1S/C28H28N4O3/c1-19-11-12-26-29-22(17-32(26)16-19)18-35-23-8-5-7-21(15-23)27(33)30-25-10-6-9-24(20(25)2)28(34)31-13-3-4-14-31/h5-12,15-17H,3-4,13-14,18H2,1-2H3,(H,30,33). The Morgan fingerprint density at radius 2 is 1.80 bits per heavy atom. The molecule has 2 aromatic carbocycles. The number of amides is 2. The third-order valence-electron chi connectivity index (χ3n) is 6.34. The lowest BCUT2D eigenvalue weighted by atomic mass is 10.0. The normalized spacial score (nSPS) is 13.3. The Kier molecular flexibility index (Phi) is 6.23. The average Bonchev–Trinajstić information content (AvgIpc) is 3.53. The lowest BCUT2D eigenvalue weighted by Crippen LogP contribution is -2.28. The van der Waals surface area contributed by atoms with Gasteiger partial charge in [-0.15, -0.1) is 0 Å². The summed E-state index contributed by atoms with van der Waals surface area (Å²) >= 11 is 0. The molecule has 0 unspecified atom stereocenters. The van der Waals surface area contributed by atoms with Crippen LogP contribution >= 0.6 is 0 Å². The molecule has 178 valence electrons. The molecule has 0 radical (unpaired) electrons. The van der Waals surface area contributed by atoms with Crippen LogP contribution in [0, 0.1) is 13.8 Å². The number of nitrogens with one attached hydrogen (secondary N) is 1. The second kappa shape index (κ2) is 9.62. The number of carbonyl (C=O) groups is 2. The first-order chi connectivity index (χ1) is 17.0. The molecular weight excluding hydrogens is 440 g/mol. The van der Waals surface area contributed by atoms with E-state index in [4.69, 9.17) is 4.74 Å². The number of imidazole rings is 1. The Hall–Kier alpha value is -4.13. The Morgan fingerprint density at radius 1 is 1.00 bits per heavy atom. The maximum Gasteiger partial charge on any atom is 0.255 e. The zero-order valence-corrected chi connectivity index (χ0v) is 20.0. The van der Waals surface area contributed by atoms with Gasteiger partial charge in [0.25, 0.3) is 11.8 Å². The van der Waals surface area contributed by atoms with Crippen molar-refractivity contribution in [3.05, 3.63) is 94.9 Å². The molecule has 1 fully saturated rings. The molecule has 2 amide bonds. The van der Waals surface area contributed by atoms with Crippen molar-refractivity contribution >= 4 is 23.1 Å². The average molecular weight is 469 g/mol. The maximum atomic E-state index is 13.0. The molecule has 4 aromatic rings. The molecule has 35 heavy (non-hydrogen) atoms. The van der Waals surface area contributed by atoms with Crippen molar-refractivity contribution in [1.82, 2.24) is 14.3 Å². The molecule has 0 atom stereocenters. The number of aromatic nitrogens is 2. The second-order valence-corrected chi connectivity index (χ2v) is 8.95. The van der Waals surface area contributed by atoms with Crippen molar-refractivity contribution in [2.75, 3.05) is 18.4 Å². The summed E-state index contributed by atoms with van der Waals surface area (Å²) in [7, 11) is 0. The van der Waals surface area contributed by atoms with Gasteiger partial charge in [-0.3, -0.25) is 9.59 Å². The van der Waals surface area contributed by atoms with E-state index in [9.17, 15) is 9.59 Å². The maximum absolute atomic E-state index is 13.0. The first kappa shape index (κ1) is 22.7. The molecule has 1 aliphatic heterocycles. The zero-order valence-electron chi connectivity index (χ0n) is 20.0. The number of anilines is 1. The van der Waals surface area contributed by atoms with Crippen LogP contribution < -0.4 is 10.1 Å². The van der Waals surface area contributed by atoms with Gasteiger partial charge in [0.05, 0.1) is 5.69 Å². The molecule has 7 heteroatoms. The summed E-state index contributed by atoms with van der Waals surface area (Å²) in [5.74, 6) is 0.349. The van der Waals surface area contributed by atoms with E-state index in [0.29, 0.717) is 29.2 Å². The number of pyridine rings is 1. The third-order valence-corrected chi connectivity index (χ3v) is 6.34. The van der Waals surface area contributed by atoms with Gasteiger partial charge < -0.3 is 19.4 Å². The molecule has 0 aliphatic carbocycles. The highest BCUT2D eigenvalue weighted by Gasteiger charge is 2.22. The molecule has 0 spiro atoms. The van der Waals surface area contributed by atoms with Crippen LogP contribution in [0.15, 0.2) is 67.0 Å². The molecule has 2 aromatic heterocycles. The molecule has 1 saturated heterocycles. The number of likely N-dealkylation sites (tertiary alicyclic amines) is 1. The first-order valence-corrected chi connectivity index (χ1v) is 11.9. The number of nitrogens with zero attached hydrogens (tertiary/aromatic N) is 3. The summed E-state index contributed by atoms with van der Waals surface area (Å²) in [6, 6.07) is 16.5. The Labute approximate surface area is 204 Å². The van der Waals surface area contributed by atoms with Gasteiger partial charge >= 0.3 is 0 Å². The van der Waals surface area contributed by atoms with E-state index >= 15 is 0 Å². The van der Waals surface area contributed by atoms with Crippen LogP contribution in [0.5, 0.6) is 5.75 Å². The molecular formula is C28H28N4O3. The largest absolute Gasteiger partial charge is 0.487 e. The van der Waals surface area contributed by atoms with Gasteiger partial charge in [0.2, 0.25) is 0 Å². The fourth-order valence-corrected chi connectivity index (χ4v) is 4.40. The summed E-state index contributed by atoms with van der Waals surface area (Å²) in [6.45, 7) is 5.78. The van der Waals surface area contributed by atoms with E-state index in [-0.39, 0.29) is 11.8 Å². The summed E-state index contributed by atoms with van der Waals surface area (Å²) in [5, 5.41) is 2.96. The molecule has 1 N–H and O–H groups in total.